The standard InChI is InChI=1S/C22H20N4O3S/c1-14-7-8-20(29-2)16(11-14)17-13-30-22(24-17)25-21(28)9-10-26-18-6-4-3-5-15(18)19(27)12-23-26/h3-8,11-13H,9-10H2,1-2H3,(H,24,25,28). The Bertz CT molecular complexity index is 1280. The molecule has 1 N–H and O–H groups in total. The minimum Gasteiger partial charge on any atom is -0.496 e. The molecule has 1 amide bonds. The first-order chi connectivity index (χ1) is 14.5. The number of benzene rings is 2. The number of aromatic nitrogens is 3. The third kappa shape index (κ3) is 4.08. The number of aryl methyl sites for hydroxylation is 2. The molecule has 4 rings (SSSR count). The zero-order valence-electron chi connectivity index (χ0n) is 16.6. The number of nitrogens with one attached hydrogen (secondary N) is 1. The lowest BCUT2D eigenvalue weighted by atomic mass is 10.1. The Hall–Kier alpha value is -3.52. The van der Waals surface area contributed by atoms with Gasteiger partial charge in [-0.25, -0.2) is 4.98 Å². The van der Waals surface area contributed by atoms with E-state index in [0.29, 0.717) is 22.6 Å². The van der Waals surface area contributed by atoms with Gasteiger partial charge in [0.15, 0.2) is 5.13 Å². The minimum absolute atomic E-state index is 0.131. The first-order valence-corrected chi connectivity index (χ1v) is 10.3. The molecule has 0 saturated carbocycles. The van der Waals surface area contributed by atoms with Gasteiger partial charge in [0.05, 0.1) is 31.1 Å². The molecule has 8 heteroatoms. The number of para-hydroxylation sites is 1. The molecule has 0 aliphatic rings. The van der Waals surface area contributed by atoms with Gasteiger partial charge in [-0.2, -0.15) is 5.10 Å². The first-order valence-electron chi connectivity index (χ1n) is 9.40. The third-order valence-corrected chi connectivity index (χ3v) is 5.45. The number of carbonyl (C=O) groups excluding carboxylic acids is 1. The molecule has 4 aromatic rings. The molecule has 7 nitrogen and oxygen atoms in total. The van der Waals surface area contributed by atoms with E-state index in [0.717, 1.165) is 22.6 Å². The maximum absolute atomic E-state index is 12.4. The largest absolute Gasteiger partial charge is 0.496 e. The van der Waals surface area contributed by atoms with Crippen molar-refractivity contribution in [3.63, 3.8) is 0 Å². The van der Waals surface area contributed by atoms with Crippen LogP contribution in [0.4, 0.5) is 5.13 Å². The molecule has 30 heavy (non-hydrogen) atoms. The van der Waals surface area contributed by atoms with Gasteiger partial charge in [0.2, 0.25) is 11.3 Å². The number of amides is 1. The Morgan fingerprint density at radius 1 is 1.23 bits per heavy atom. The van der Waals surface area contributed by atoms with Gasteiger partial charge < -0.3 is 10.1 Å². The molecule has 0 saturated heterocycles. The fourth-order valence-electron chi connectivity index (χ4n) is 3.21. The number of anilines is 1. The van der Waals surface area contributed by atoms with Crippen molar-refractivity contribution in [1.82, 2.24) is 14.8 Å². The summed E-state index contributed by atoms with van der Waals surface area (Å²) in [5, 5.41) is 10.00. The molecular formula is C22H20N4O3S. The van der Waals surface area contributed by atoms with Crippen LogP contribution < -0.4 is 15.5 Å². The van der Waals surface area contributed by atoms with Crippen LogP contribution in [0.3, 0.4) is 0 Å². The lowest BCUT2D eigenvalue weighted by molar-refractivity contribution is -0.116. The molecule has 152 valence electrons. The van der Waals surface area contributed by atoms with Crippen LogP contribution in [0.1, 0.15) is 12.0 Å². The van der Waals surface area contributed by atoms with E-state index in [1.54, 1.807) is 17.9 Å². The van der Waals surface area contributed by atoms with Crippen LogP contribution >= 0.6 is 11.3 Å². The molecule has 0 spiro atoms. The van der Waals surface area contributed by atoms with E-state index in [1.807, 2.05) is 48.7 Å². The zero-order chi connectivity index (χ0) is 21.1. The fraction of sp³-hybridized carbons (Fsp3) is 0.182. The van der Waals surface area contributed by atoms with E-state index in [-0.39, 0.29) is 17.8 Å². The van der Waals surface area contributed by atoms with Crippen LogP contribution in [-0.2, 0) is 11.3 Å². The predicted molar refractivity (Wildman–Crippen MR) is 118 cm³/mol. The van der Waals surface area contributed by atoms with Gasteiger partial charge in [0, 0.05) is 22.8 Å². The van der Waals surface area contributed by atoms with Crippen molar-refractivity contribution in [3.05, 3.63) is 69.8 Å². The summed E-state index contributed by atoms with van der Waals surface area (Å²) in [6.07, 6.45) is 1.49. The average Bonchev–Trinajstić information content (AvgIpc) is 3.21. The molecule has 2 heterocycles. The van der Waals surface area contributed by atoms with Gasteiger partial charge in [-0.15, -0.1) is 11.3 Å². The molecule has 2 aromatic carbocycles. The Balaban J connectivity index is 1.46. The van der Waals surface area contributed by atoms with Crippen molar-refractivity contribution in [2.24, 2.45) is 0 Å². The minimum atomic E-state index is -0.170. The Morgan fingerprint density at radius 3 is 2.90 bits per heavy atom. The van der Waals surface area contributed by atoms with Gasteiger partial charge in [-0.1, -0.05) is 23.8 Å². The van der Waals surface area contributed by atoms with E-state index in [2.05, 4.69) is 15.4 Å². The Morgan fingerprint density at radius 2 is 2.07 bits per heavy atom. The van der Waals surface area contributed by atoms with Crippen molar-refractivity contribution in [3.8, 4) is 17.0 Å². The molecule has 0 aliphatic carbocycles. The Kier molecular flexibility index (Phi) is 5.58. The van der Waals surface area contributed by atoms with E-state index < -0.39 is 0 Å². The van der Waals surface area contributed by atoms with Crippen molar-refractivity contribution in [1.29, 1.82) is 0 Å². The molecule has 0 aliphatic heterocycles. The van der Waals surface area contributed by atoms with Crippen molar-refractivity contribution in [2.45, 2.75) is 19.9 Å². The van der Waals surface area contributed by atoms with Gasteiger partial charge in [0.25, 0.3) is 0 Å². The summed E-state index contributed by atoms with van der Waals surface area (Å²) in [6, 6.07) is 13.1. The monoisotopic (exact) mass is 420 g/mol. The second kappa shape index (κ2) is 8.46. The molecule has 0 fully saturated rings. The molecule has 0 radical (unpaired) electrons. The SMILES string of the molecule is COc1ccc(C)cc1-c1csc(NC(=O)CCn2ncc(=O)c3ccccc32)n1. The van der Waals surface area contributed by atoms with E-state index in [1.165, 1.54) is 17.5 Å². The molecule has 2 aromatic heterocycles. The number of nitrogens with zero attached hydrogens (tertiary/aromatic N) is 3. The number of hydrogen-bond acceptors (Lipinski definition) is 6. The summed E-state index contributed by atoms with van der Waals surface area (Å²) in [7, 11) is 1.62. The van der Waals surface area contributed by atoms with Gasteiger partial charge in [-0.05, 0) is 31.2 Å². The second-order valence-electron chi connectivity index (χ2n) is 6.79. The molecule has 0 unspecified atom stereocenters. The highest BCUT2D eigenvalue weighted by Gasteiger charge is 2.13. The third-order valence-electron chi connectivity index (χ3n) is 4.69. The van der Waals surface area contributed by atoms with Crippen LogP contribution in [0.2, 0.25) is 0 Å². The lowest BCUT2D eigenvalue weighted by Gasteiger charge is -2.09. The highest BCUT2D eigenvalue weighted by atomic mass is 32.1. The molecular weight excluding hydrogens is 400 g/mol. The van der Waals surface area contributed by atoms with Gasteiger partial charge >= 0.3 is 0 Å². The fourth-order valence-corrected chi connectivity index (χ4v) is 3.93. The van der Waals surface area contributed by atoms with Crippen molar-refractivity contribution in [2.75, 3.05) is 12.4 Å². The maximum atomic E-state index is 12.4. The highest BCUT2D eigenvalue weighted by Crippen LogP contribution is 2.33. The van der Waals surface area contributed by atoms with Gasteiger partial charge in [-0.3, -0.25) is 14.3 Å². The Labute approximate surface area is 177 Å². The number of ether oxygens (including phenoxy) is 1. The topological polar surface area (TPSA) is 86.1 Å². The summed E-state index contributed by atoms with van der Waals surface area (Å²) < 4.78 is 7.09. The number of hydrogen-bond donors (Lipinski definition) is 1. The smallest absolute Gasteiger partial charge is 0.228 e. The summed E-state index contributed by atoms with van der Waals surface area (Å²) in [4.78, 5) is 28.9. The highest BCUT2D eigenvalue weighted by molar-refractivity contribution is 7.14. The van der Waals surface area contributed by atoms with Crippen LogP contribution in [0.15, 0.2) is 58.8 Å². The number of thiazole rings is 1. The number of fused-ring (bicyclic) bond motifs is 1. The van der Waals surface area contributed by atoms with Gasteiger partial charge in [0.1, 0.15) is 5.75 Å². The summed E-state index contributed by atoms with van der Waals surface area (Å²) in [5.74, 6) is 0.566. The molecule has 0 bridgehead atoms. The predicted octanol–water partition coefficient (Wildman–Crippen LogP) is 3.87. The normalized spacial score (nSPS) is 10.9. The quantitative estimate of drug-likeness (QED) is 0.512. The number of rotatable bonds is 6. The van der Waals surface area contributed by atoms with Crippen molar-refractivity contribution < 1.29 is 9.53 Å². The number of methoxy groups -OCH3 is 1. The summed E-state index contributed by atoms with van der Waals surface area (Å²) in [5.41, 5.74) is 3.32. The van der Waals surface area contributed by atoms with Crippen LogP contribution in [0.25, 0.3) is 22.2 Å². The van der Waals surface area contributed by atoms with E-state index in [9.17, 15) is 9.59 Å². The molecule has 0 atom stereocenters. The number of carbonyl (C=O) groups is 1. The zero-order valence-corrected chi connectivity index (χ0v) is 17.4. The second-order valence-corrected chi connectivity index (χ2v) is 7.65. The van der Waals surface area contributed by atoms with Crippen LogP contribution in [-0.4, -0.2) is 27.8 Å². The van der Waals surface area contributed by atoms with E-state index in [4.69, 9.17) is 4.74 Å². The lowest BCUT2D eigenvalue weighted by Crippen LogP contribution is -2.17. The average molecular weight is 420 g/mol. The first kappa shape index (κ1) is 19.8. The summed E-state index contributed by atoms with van der Waals surface area (Å²) >= 11 is 1.36. The van der Waals surface area contributed by atoms with Crippen molar-refractivity contribution >= 4 is 33.3 Å². The van der Waals surface area contributed by atoms with Crippen LogP contribution in [0, 0.1) is 6.92 Å². The van der Waals surface area contributed by atoms with E-state index >= 15 is 0 Å². The summed E-state index contributed by atoms with van der Waals surface area (Å²) in [6.45, 7) is 2.36. The van der Waals surface area contributed by atoms with Crippen LogP contribution in [0.5, 0.6) is 5.75 Å². The maximum Gasteiger partial charge on any atom is 0.228 e.